The molecule has 6 nitrogen and oxygen atoms in total. The highest BCUT2D eigenvalue weighted by atomic mass is 16.6. The number of hydrogen-bond acceptors (Lipinski definition) is 4. The van der Waals surface area contributed by atoms with Gasteiger partial charge in [0, 0.05) is 12.1 Å². The second kappa shape index (κ2) is 8.10. The van der Waals surface area contributed by atoms with E-state index in [1.165, 1.54) is 36.9 Å². The summed E-state index contributed by atoms with van der Waals surface area (Å²) in [4.78, 5) is 22.3. The molecule has 2 aromatic rings. The average Bonchev–Trinajstić information content (AvgIpc) is 2.60. The molecule has 0 radical (unpaired) electrons. The summed E-state index contributed by atoms with van der Waals surface area (Å²) in [5, 5.41) is 13.4. The summed E-state index contributed by atoms with van der Waals surface area (Å²) in [7, 11) is 1.39. The Balaban J connectivity index is 2.08. The van der Waals surface area contributed by atoms with Gasteiger partial charge in [-0.15, -0.1) is 0 Å². The first-order valence-electron chi connectivity index (χ1n) is 7.82. The molecule has 0 aromatic heterocycles. The van der Waals surface area contributed by atoms with Gasteiger partial charge in [-0.25, -0.2) is 0 Å². The lowest BCUT2D eigenvalue weighted by atomic mass is 10.0. The number of nitrogens with one attached hydrogen (secondary N) is 1. The normalized spacial score (nSPS) is 10.9. The molecule has 0 spiro atoms. The standard InChI is InChI=1S/C19H20N2O4/c1-13(2)15-7-4-14(5-8-15)6-11-19(22)20-17-10-9-16(21(23)24)12-18(17)25-3/h4-13H,1-3H3,(H,20,22). The zero-order chi connectivity index (χ0) is 18.4. The van der Waals surface area contributed by atoms with E-state index in [0.717, 1.165) is 5.56 Å². The van der Waals surface area contributed by atoms with Gasteiger partial charge in [-0.1, -0.05) is 38.1 Å². The number of methoxy groups -OCH3 is 1. The molecule has 2 aromatic carbocycles. The van der Waals surface area contributed by atoms with E-state index < -0.39 is 4.92 Å². The second-order valence-corrected chi connectivity index (χ2v) is 5.79. The molecular formula is C19H20N2O4. The largest absolute Gasteiger partial charge is 0.494 e. The van der Waals surface area contributed by atoms with Gasteiger partial charge in [-0.3, -0.25) is 14.9 Å². The second-order valence-electron chi connectivity index (χ2n) is 5.79. The van der Waals surface area contributed by atoms with Crippen molar-refractivity contribution in [1.82, 2.24) is 0 Å². The van der Waals surface area contributed by atoms with Gasteiger partial charge in [0.15, 0.2) is 0 Å². The number of ether oxygens (including phenoxy) is 1. The van der Waals surface area contributed by atoms with Crippen LogP contribution in [0.25, 0.3) is 6.08 Å². The molecule has 0 fully saturated rings. The number of carbonyl (C=O) groups is 1. The van der Waals surface area contributed by atoms with Gasteiger partial charge >= 0.3 is 0 Å². The molecule has 0 heterocycles. The molecule has 1 amide bonds. The van der Waals surface area contributed by atoms with Crippen LogP contribution in [0.3, 0.4) is 0 Å². The van der Waals surface area contributed by atoms with Crippen molar-refractivity contribution in [3.63, 3.8) is 0 Å². The maximum absolute atomic E-state index is 12.1. The van der Waals surface area contributed by atoms with Crippen LogP contribution in [-0.2, 0) is 4.79 Å². The van der Waals surface area contributed by atoms with Crippen molar-refractivity contribution in [2.75, 3.05) is 12.4 Å². The maximum Gasteiger partial charge on any atom is 0.273 e. The number of amides is 1. The van der Waals surface area contributed by atoms with Crippen LogP contribution in [0, 0.1) is 10.1 Å². The summed E-state index contributed by atoms with van der Waals surface area (Å²) in [6.45, 7) is 4.24. The number of carbonyl (C=O) groups excluding carboxylic acids is 1. The van der Waals surface area contributed by atoms with Gasteiger partial charge in [0.05, 0.1) is 23.8 Å². The third-order valence-corrected chi connectivity index (χ3v) is 3.68. The highest BCUT2D eigenvalue weighted by Gasteiger charge is 2.12. The van der Waals surface area contributed by atoms with Gasteiger partial charge in [0.25, 0.3) is 5.69 Å². The number of hydrogen-bond donors (Lipinski definition) is 1. The van der Waals surface area contributed by atoms with Crippen molar-refractivity contribution in [3.8, 4) is 5.75 Å². The van der Waals surface area contributed by atoms with Crippen molar-refractivity contribution in [3.05, 3.63) is 69.8 Å². The van der Waals surface area contributed by atoms with Crippen molar-refractivity contribution in [1.29, 1.82) is 0 Å². The van der Waals surface area contributed by atoms with Crippen LogP contribution >= 0.6 is 0 Å². The van der Waals surface area contributed by atoms with Crippen LogP contribution in [0.2, 0.25) is 0 Å². The highest BCUT2D eigenvalue weighted by molar-refractivity contribution is 6.02. The molecule has 25 heavy (non-hydrogen) atoms. The summed E-state index contributed by atoms with van der Waals surface area (Å²) in [5.74, 6) is 0.341. The molecule has 0 aliphatic carbocycles. The van der Waals surface area contributed by atoms with Crippen molar-refractivity contribution < 1.29 is 14.5 Å². The topological polar surface area (TPSA) is 81.5 Å². The molecule has 0 bridgehead atoms. The Hall–Kier alpha value is -3.15. The number of nitro benzene ring substituents is 1. The lowest BCUT2D eigenvalue weighted by Crippen LogP contribution is -2.09. The van der Waals surface area contributed by atoms with Gasteiger partial charge in [0.1, 0.15) is 5.75 Å². The summed E-state index contributed by atoms with van der Waals surface area (Å²) >= 11 is 0. The SMILES string of the molecule is COc1cc([N+](=O)[O-])ccc1NC(=O)C=Cc1ccc(C(C)C)cc1. The maximum atomic E-state index is 12.1. The number of anilines is 1. The smallest absolute Gasteiger partial charge is 0.273 e. The predicted molar refractivity (Wildman–Crippen MR) is 97.8 cm³/mol. The van der Waals surface area contributed by atoms with Crippen molar-refractivity contribution in [2.24, 2.45) is 0 Å². The third kappa shape index (κ3) is 4.91. The van der Waals surface area contributed by atoms with E-state index in [0.29, 0.717) is 11.6 Å². The summed E-state index contributed by atoms with van der Waals surface area (Å²) in [5.41, 5.74) is 2.42. The molecule has 0 aliphatic rings. The minimum Gasteiger partial charge on any atom is -0.494 e. The predicted octanol–water partition coefficient (Wildman–Crippen LogP) is 4.38. The monoisotopic (exact) mass is 340 g/mol. The van der Waals surface area contributed by atoms with Crippen LogP contribution in [-0.4, -0.2) is 17.9 Å². The number of benzene rings is 2. The van der Waals surface area contributed by atoms with Crippen molar-refractivity contribution >= 4 is 23.4 Å². The van der Waals surface area contributed by atoms with Gasteiger partial charge in [0.2, 0.25) is 5.91 Å². The Kier molecular flexibility index (Phi) is 5.89. The molecule has 2 rings (SSSR count). The Morgan fingerprint density at radius 3 is 2.44 bits per heavy atom. The van der Waals surface area contributed by atoms with Crippen LogP contribution < -0.4 is 10.1 Å². The van der Waals surface area contributed by atoms with E-state index in [1.807, 2.05) is 24.3 Å². The van der Waals surface area contributed by atoms with Gasteiger partial charge in [-0.2, -0.15) is 0 Å². The van der Waals surface area contributed by atoms with E-state index in [9.17, 15) is 14.9 Å². The average molecular weight is 340 g/mol. The van der Waals surface area contributed by atoms with E-state index >= 15 is 0 Å². The lowest BCUT2D eigenvalue weighted by Gasteiger charge is -2.08. The molecule has 0 aliphatic heterocycles. The first-order chi connectivity index (χ1) is 11.9. The van der Waals surface area contributed by atoms with Crippen molar-refractivity contribution in [2.45, 2.75) is 19.8 Å². The van der Waals surface area contributed by atoms with E-state index in [2.05, 4.69) is 19.2 Å². The summed E-state index contributed by atoms with van der Waals surface area (Å²) in [6.07, 6.45) is 3.11. The fourth-order valence-corrected chi connectivity index (χ4v) is 2.24. The number of non-ortho nitro benzene ring substituents is 1. The first kappa shape index (κ1) is 18.2. The Labute approximate surface area is 146 Å². The van der Waals surface area contributed by atoms with E-state index in [4.69, 9.17) is 4.74 Å². The fraction of sp³-hybridized carbons (Fsp3) is 0.211. The zero-order valence-corrected chi connectivity index (χ0v) is 14.4. The molecule has 130 valence electrons. The number of nitrogens with zero attached hydrogens (tertiary/aromatic N) is 1. The minimum atomic E-state index is -0.519. The van der Waals surface area contributed by atoms with E-state index in [1.54, 1.807) is 6.08 Å². The van der Waals surface area contributed by atoms with Crippen LogP contribution in [0.15, 0.2) is 48.5 Å². The minimum absolute atomic E-state index is 0.101. The van der Waals surface area contributed by atoms with Crippen LogP contribution in [0.1, 0.15) is 30.9 Å². The number of nitro groups is 1. The van der Waals surface area contributed by atoms with Crippen LogP contribution in [0.4, 0.5) is 11.4 Å². The number of rotatable bonds is 6. The first-order valence-corrected chi connectivity index (χ1v) is 7.82. The van der Waals surface area contributed by atoms with Gasteiger partial charge < -0.3 is 10.1 Å². The summed E-state index contributed by atoms with van der Waals surface area (Å²) < 4.78 is 5.09. The third-order valence-electron chi connectivity index (χ3n) is 3.68. The van der Waals surface area contributed by atoms with E-state index in [-0.39, 0.29) is 17.3 Å². The molecule has 6 heteroatoms. The lowest BCUT2D eigenvalue weighted by molar-refractivity contribution is -0.384. The Bertz CT molecular complexity index is 796. The quantitative estimate of drug-likeness (QED) is 0.481. The molecule has 0 atom stereocenters. The van der Waals surface area contributed by atoms with Crippen LogP contribution in [0.5, 0.6) is 5.75 Å². The molecule has 0 unspecified atom stereocenters. The molecule has 1 N–H and O–H groups in total. The Morgan fingerprint density at radius 2 is 1.88 bits per heavy atom. The molecule has 0 saturated carbocycles. The zero-order valence-electron chi connectivity index (χ0n) is 14.4. The molecule has 0 saturated heterocycles. The fourth-order valence-electron chi connectivity index (χ4n) is 2.24. The Morgan fingerprint density at radius 1 is 1.20 bits per heavy atom. The molecular weight excluding hydrogens is 320 g/mol. The van der Waals surface area contributed by atoms with Gasteiger partial charge in [-0.05, 0) is 29.2 Å². The highest BCUT2D eigenvalue weighted by Crippen LogP contribution is 2.29. The summed E-state index contributed by atoms with van der Waals surface area (Å²) in [6, 6.07) is 12.0.